The Balaban J connectivity index is 1.35. The van der Waals surface area contributed by atoms with Gasteiger partial charge in [-0.15, -0.1) is 0 Å². The minimum absolute atomic E-state index is 0.101. The molecule has 0 bridgehead atoms. The standard InChI is InChI=1S/C21H16N2O6/c1-27-14-8-6-13(7-9-14)17-12-22-18(28-17)10-11-19(24)29-23-20(25)15-4-2-3-5-16(15)21(23)26/h2-9,12H,10-11H2,1H3. The van der Waals surface area contributed by atoms with E-state index in [4.69, 9.17) is 14.0 Å². The fraction of sp³-hybridized carbons (Fsp3) is 0.143. The van der Waals surface area contributed by atoms with Gasteiger partial charge in [0.15, 0.2) is 11.7 Å². The third kappa shape index (κ3) is 3.60. The van der Waals surface area contributed by atoms with Gasteiger partial charge in [-0.05, 0) is 36.4 Å². The average Bonchev–Trinajstić information content (AvgIpc) is 3.32. The first-order valence-corrected chi connectivity index (χ1v) is 8.84. The molecule has 0 atom stereocenters. The van der Waals surface area contributed by atoms with Gasteiger partial charge >= 0.3 is 5.97 Å². The Labute approximate surface area is 165 Å². The quantitative estimate of drug-likeness (QED) is 0.595. The van der Waals surface area contributed by atoms with Gasteiger partial charge in [-0.1, -0.05) is 17.2 Å². The Morgan fingerprint density at radius 3 is 2.31 bits per heavy atom. The van der Waals surface area contributed by atoms with Crippen molar-refractivity contribution in [2.75, 3.05) is 7.11 Å². The molecule has 4 rings (SSSR count). The summed E-state index contributed by atoms with van der Waals surface area (Å²) in [6, 6.07) is 13.6. The van der Waals surface area contributed by atoms with Gasteiger partial charge in [0.05, 0.1) is 30.9 Å². The molecule has 3 aromatic rings. The van der Waals surface area contributed by atoms with E-state index in [0.717, 1.165) is 11.3 Å². The molecule has 0 fully saturated rings. The van der Waals surface area contributed by atoms with Crippen LogP contribution in [0.3, 0.4) is 0 Å². The number of imide groups is 1. The Hall–Kier alpha value is -3.94. The number of rotatable bonds is 6. The largest absolute Gasteiger partial charge is 0.497 e. The van der Waals surface area contributed by atoms with Crippen molar-refractivity contribution in [2.45, 2.75) is 12.8 Å². The number of aromatic nitrogens is 1. The zero-order valence-corrected chi connectivity index (χ0v) is 15.5. The van der Waals surface area contributed by atoms with Gasteiger partial charge in [0.25, 0.3) is 11.8 Å². The predicted molar refractivity (Wildman–Crippen MR) is 99.8 cm³/mol. The minimum atomic E-state index is -0.733. The van der Waals surface area contributed by atoms with Crippen LogP contribution in [0, 0.1) is 0 Å². The van der Waals surface area contributed by atoms with Crippen LogP contribution in [0.2, 0.25) is 0 Å². The second-order valence-electron chi connectivity index (χ2n) is 6.26. The highest BCUT2D eigenvalue weighted by atomic mass is 16.7. The molecule has 0 spiro atoms. The Morgan fingerprint density at radius 1 is 1.03 bits per heavy atom. The molecule has 1 aromatic heterocycles. The summed E-state index contributed by atoms with van der Waals surface area (Å²) in [5.74, 6) is -0.423. The van der Waals surface area contributed by atoms with Crippen LogP contribution in [-0.4, -0.2) is 34.9 Å². The summed E-state index contributed by atoms with van der Waals surface area (Å²) in [6.45, 7) is 0. The monoisotopic (exact) mass is 392 g/mol. The van der Waals surface area contributed by atoms with E-state index in [9.17, 15) is 14.4 Å². The lowest BCUT2D eigenvalue weighted by Crippen LogP contribution is -2.32. The number of hydrogen-bond donors (Lipinski definition) is 0. The molecule has 29 heavy (non-hydrogen) atoms. The van der Waals surface area contributed by atoms with Crippen molar-refractivity contribution >= 4 is 17.8 Å². The molecular formula is C21H16N2O6. The topological polar surface area (TPSA) is 98.9 Å². The highest BCUT2D eigenvalue weighted by Gasteiger charge is 2.38. The summed E-state index contributed by atoms with van der Waals surface area (Å²) in [4.78, 5) is 45.6. The van der Waals surface area contributed by atoms with Crippen LogP contribution in [0.15, 0.2) is 59.1 Å². The number of oxazole rings is 1. The molecule has 0 radical (unpaired) electrons. The second kappa shape index (κ2) is 7.59. The van der Waals surface area contributed by atoms with Gasteiger partial charge in [0, 0.05) is 12.0 Å². The van der Waals surface area contributed by atoms with E-state index in [1.165, 1.54) is 12.1 Å². The van der Waals surface area contributed by atoms with Crippen LogP contribution < -0.4 is 4.74 Å². The maximum absolute atomic E-state index is 12.2. The Bertz CT molecular complexity index is 1050. The number of benzene rings is 2. The number of methoxy groups -OCH3 is 1. The SMILES string of the molecule is COc1ccc(-c2cnc(CCC(=O)ON3C(=O)c4ccccc4C3=O)o2)cc1. The molecule has 8 heteroatoms. The lowest BCUT2D eigenvalue weighted by Gasteiger charge is -2.12. The third-order valence-electron chi connectivity index (χ3n) is 4.42. The normalized spacial score (nSPS) is 12.8. The smallest absolute Gasteiger partial charge is 0.333 e. The highest BCUT2D eigenvalue weighted by Crippen LogP contribution is 2.25. The van der Waals surface area contributed by atoms with Crippen molar-refractivity contribution < 1.29 is 28.4 Å². The van der Waals surface area contributed by atoms with Crippen molar-refractivity contribution in [2.24, 2.45) is 0 Å². The molecule has 2 amide bonds. The lowest BCUT2D eigenvalue weighted by atomic mass is 10.1. The number of nitrogens with zero attached hydrogens (tertiary/aromatic N) is 2. The maximum atomic E-state index is 12.2. The van der Waals surface area contributed by atoms with Crippen molar-refractivity contribution in [1.82, 2.24) is 10.0 Å². The van der Waals surface area contributed by atoms with E-state index in [-0.39, 0.29) is 24.0 Å². The number of carbonyl (C=O) groups is 3. The molecule has 0 saturated carbocycles. The molecule has 0 N–H and O–H groups in total. The molecule has 8 nitrogen and oxygen atoms in total. The maximum Gasteiger partial charge on any atom is 0.333 e. The first-order valence-electron chi connectivity index (χ1n) is 8.84. The van der Waals surface area contributed by atoms with Crippen molar-refractivity contribution in [1.29, 1.82) is 0 Å². The molecule has 2 heterocycles. The summed E-state index contributed by atoms with van der Waals surface area (Å²) >= 11 is 0. The number of amides is 2. The summed E-state index contributed by atoms with van der Waals surface area (Å²) in [7, 11) is 1.59. The second-order valence-corrected chi connectivity index (χ2v) is 6.26. The third-order valence-corrected chi connectivity index (χ3v) is 4.42. The van der Waals surface area contributed by atoms with Crippen LogP contribution in [0.5, 0.6) is 5.75 Å². The summed E-state index contributed by atoms with van der Waals surface area (Å²) < 4.78 is 10.8. The molecule has 1 aliphatic heterocycles. The zero-order chi connectivity index (χ0) is 20.4. The first kappa shape index (κ1) is 18.4. The number of ether oxygens (including phenoxy) is 1. The van der Waals surface area contributed by atoms with E-state index < -0.39 is 17.8 Å². The number of fused-ring (bicyclic) bond motifs is 1. The summed E-state index contributed by atoms with van der Waals surface area (Å²) in [5, 5.41) is 0.491. The van der Waals surface area contributed by atoms with E-state index in [2.05, 4.69) is 4.98 Å². The lowest BCUT2D eigenvalue weighted by molar-refractivity contribution is -0.168. The van der Waals surface area contributed by atoms with E-state index in [1.807, 2.05) is 12.1 Å². The van der Waals surface area contributed by atoms with E-state index in [0.29, 0.717) is 16.7 Å². The van der Waals surface area contributed by atoms with Crippen LogP contribution in [0.4, 0.5) is 0 Å². The average molecular weight is 392 g/mol. The van der Waals surface area contributed by atoms with Crippen molar-refractivity contribution in [3.63, 3.8) is 0 Å². The van der Waals surface area contributed by atoms with Crippen molar-refractivity contribution in [3.8, 4) is 17.1 Å². The summed E-state index contributed by atoms with van der Waals surface area (Å²) in [5.41, 5.74) is 1.24. The van der Waals surface area contributed by atoms with Crippen LogP contribution in [0.25, 0.3) is 11.3 Å². The van der Waals surface area contributed by atoms with Crippen LogP contribution in [-0.2, 0) is 16.1 Å². The van der Waals surface area contributed by atoms with Crippen LogP contribution in [0.1, 0.15) is 33.0 Å². The molecule has 2 aromatic carbocycles. The van der Waals surface area contributed by atoms with Gasteiger partial charge < -0.3 is 14.0 Å². The van der Waals surface area contributed by atoms with Crippen molar-refractivity contribution in [3.05, 3.63) is 71.7 Å². The molecular weight excluding hydrogens is 376 g/mol. The molecule has 0 saturated heterocycles. The highest BCUT2D eigenvalue weighted by molar-refractivity contribution is 6.20. The van der Waals surface area contributed by atoms with Gasteiger partial charge in [-0.25, -0.2) is 9.78 Å². The van der Waals surface area contributed by atoms with Gasteiger partial charge in [0.1, 0.15) is 5.75 Å². The number of carbonyl (C=O) groups excluding carboxylic acids is 3. The Morgan fingerprint density at radius 2 is 1.69 bits per heavy atom. The molecule has 0 aliphatic carbocycles. The van der Waals surface area contributed by atoms with E-state index in [1.54, 1.807) is 37.6 Å². The number of hydroxylamine groups is 2. The molecule has 1 aliphatic rings. The predicted octanol–water partition coefficient (Wildman–Crippen LogP) is 3.04. The van der Waals surface area contributed by atoms with Gasteiger partial charge in [-0.3, -0.25) is 9.59 Å². The van der Waals surface area contributed by atoms with E-state index >= 15 is 0 Å². The summed E-state index contributed by atoms with van der Waals surface area (Å²) in [6.07, 6.45) is 1.63. The fourth-order valence-electron chi connectivity index (χ4n) is 2.92. The first-order chi connectivity index (χ1) is 14.1. The van der Waals surface area contributed by atoms with Crippen LogP contribution >= 0.6 is 0 Å². The van der Waals surface area contributed by atoms with Gasteiger partial charge in [0.2, 0.25) is 0 Å². The fourth-order valence-corrected chi connectivity index (χ4v) is 2.92. The number of aryl methyl sites for hydroxylation is 1. The Kier molecular flexibility index (Phi) is 4.82. The van der Waals surface area contributed by atoms with Gasteiger partial charge in [-0.2, -0.15) is 0 Å². The zero-order valence-electron chi connectivity index (χ0n) is 15.5. The molecule has 146 valence electrons. The minimum Gasteiger partial charge on any atom is -0.497 e. The molecule has 0 unspecified atom stereocenters. The number of hydrogen-bond acceptors (Lipinski definition) is 7.